The fraction of sp³-hybridized carbons (Fsp3) is 0.412. The van der Waals surface area contributed by atoms with Crippen LogP contribution >= 0.6 is 23.7 Å². The summed E-state index contributed by atoms with van der Waals surface area (Å²) in [5.41, 5.74) is 1.76. The predicted octanol–water partition coefficient (Wildman–Crippen LogP) is 2.01. The summed E-state index contributed by atoms with van der Waals surface area (Å²) in [5.74, 6) is -0.425. The lowest BCUT2D eigenvalue weighted by atomic mass is 9.96. The Balaban J connectivity index is 0.00000243. The highest BCUT2D eigenvalue weighted by atomic mass is 35.5. The Hall–Kier alpha value is -1.48. The van der Waals surface area contributed by atoms with Gasteiger partial charge in [-0.1, -0.05) is 30.3 Å². The van der Waals surface area contributed by atoms with Crippen molar-refractivity contribution in [3.63, 3.8) is 0 Å². The highest BCUT2D eigenvalue weighted by Gasteiger charge is 2.48. The SMILES string of the molecule is CS(=O)(=O)C1(C(=O)NCc2csc(-c3ccccc3)n2)CCNCC1.Cl. The van der Waals surface area contributed by atoms with Crippen molar-refractivity contribution in [1.29, 1.82) is 0 Å². The van der Waals surface area contributed by atoms with Gasteiger partial charge in [0.1, 0.15) is 5.01 Å². The van der Waals surface area contributed by atoms with E-state index in [1.807, 2.05) is 35.7 Å². The second-order valence-corrected chi connectivity index (χ2v) is 9.39. The number of carbonyl (C=O) groups is 1. The quantitative estimate of drug-likeness (QED) is 0.779. The zero-order valence-corrected chi connectivity index (χ0v) is 16.8. The van der Waals surface area contributed by atoms with Crippen LogP contribution in [0.3, 0.4) is 0 Å². The number of aromatic nitrogens is 1. The Bertz CT molecular complexity index is 847. The van der Waals surface area contributed by atoms with Crippen LogP contribution in [0.15, 0.2) is 35.7 Å². The van der Waals surface area contributed by atoms with Gasteiger partial charge in [-0.2, -0.15) is 0 Å². The van der Waals surface area contributed by atoms with E-state index in [0.29, 0.717) is 25.9 Å². The van der Waals surface area contributed by atoms with Crippen molar-refractivity contribution in [3.05, 3.63) is 41.4 Å². The zero-order chi connectivity index (χ0) is 17.9. The second kappa shape index (κ2) is 8.47. The molecule has 1 saturated heterocycles. The minimum Gasteiger partial charge on any atom is -0.349 e. The number of benzene rings is 1. The molecule has 2 aromatic rings. The minimum atomic E-state index is -3.50. The van der Waals surface area contributed by atoms with Gasteiger partial charge in [0.05, 0.1) is 12.2 Å². The molecule has 0 atom stereocenters. The van der Waals surface area contributed by atoms with Crippen LogP contribution in [0.4, 0.5) is 0 Å². The summed E-state index contributed by atoms with van der Waals surface area (Å²) in [6.45, 7) is 1.28. The zero-order valence-electron chi connectivity index (χ0n) is 14.4. The maximum Gasteiger partial charge on any atom is 0.241 e. The third-order valence-corrected chi connectivity index (χ3v) is 7.49. The number of amides is 1. The molecule has 1 amide bonds. The Labute approximate surface area is 163 Å². The highest BCUT2D eigenvalue weighted by molar-refractivity contribution is 7.92. The molecule has 0 aliphatic carbocycles. The summed E-state index contributed by atoms with van der Waals surface area (Å²) in [6.07, 6.45) is 1.74. The monoisotopic (exact) mass is 415 g/mol. The van der Waals surface area contributed by atoms with Crippen molar-refractivity contribution >= 4 is 39.5 Å². The van der Waals surface area contributed by atoms with Crippen LogP contribution in [0.1, 0.15) is 18.5 Å². The smallest absolute Gasteiger partial charge is 0.241 e. The number of halogens is 1. The maximum atomic E-state index is 12.7. The first-order chi connectivity index (χ1) is 11.9. The Morgan fingerprint density at radius 2 is 1.92 bits per heavy atom. The van der Waals surface area contributed by atoms with E-state index in [9.17, 15) is 13.2 Å². The number of thiazole rings is 1. The summed E-state index contributed by atoms with van der Waals surface area (Å²) in [5, 5.41) is 8.65. The molecule has 9 heteroatoms. The van der Waals surface area contributed by atoms with E-state index in [4.69, 9.17) is 0 Å². The summed E-state index contributed by atoms with van der Waals surface area (Å²) in [7, 11) is -3.50. The molecule has 1 aromatic heterocycles. The third-order valence-electron chi connectivity index (χ3n) is 4.54. The van der Waals surface area contributed by atoms with E-state index in [-0.39, 0.29) is 19.0 Å². The number of rotatable bonds is 5. The van der Waals surface area contributed by atoms with Crippen molar-refractivity contribution in [1.82, 2.24) is 15.6 Å². The molecule has 1 aliphatic heterocycles. The Kier molecular flexibility index (Phi) is 6.79. The van der Waals surface area contributed by atoms with E-state index >= 15 is 0 Å². The molecule has 6 nitrogen and oxygen atoms in total. The van der Waals surface area contributed by atoms with Gasteiger partial charge in [-0.15, -0.1) is 23.7 Å². The molecular weight excluding hydrogens is 394 g/mol. The van der Waals surface area contributed by atoms with E-state index in [2.05, 4.69) is 15.6 Å². The minimum absolute atomic E-state index is 0. The summed E-state index contributed by atoms with van der Waals surface area (Å²) in [4.78, 5) is 17.2. The van der Waals surface area contributed by atoms with Crippen LogP contribution in [0.2, 0.25) is 0 Å². The molecule has 1 fully saturated rings. The molecular formula is C17H22ClN3O3S2. The largest absolute Gasteiger partial charge is 0.349 e. The molecule has 0 spiro atoms. The summed E-state index contributed by atoms with van der Waals surface area (Å²) >= 11 is 1.50. The van der Waals surface area contributed by atoms with Crippen LogP contribution in [0.5, 0.6) is 0 Å². The fourth-order valence-electron chi connectivity index (χ4n) is 3.03. The molecule has 0 bridgehead atoms. The van der Waals surface area contributed by atoms with Gasteiger partial charge in [0.15, 0.2) is 14.6 Å². The molecule has 2 heterocycles. The summed E-state index contributed by atoms with van der Waals surface area (Å²) < 4.78 is 23.2. The average Bonchev–Trinajstić information content (AvgIpc) is 3.09. The number of piperidine rings is 1. The van der Waals surface area contributed by atoms with E-state index in [1.54, 1.807) is 0 Å². The lowest BCUT2D eigenvalue weighted by molar-refractivity contribution is -0.124. The number of carbonyl (C=O) groups excluding carboxylic acids is 1. The molecule has 0 saturated carbocycles. The van der Waals surface area contributed by atoms with E-state index < -0.39 is 20.5 Å². The van der Waals surface area contributed by atoms with E-state index in [1.165, 1.54) is 11.3 Å². The van der Waals surface area contributed by atoms with Crippen molar-refractivity contribution in [3.8, 4) is 10.6 Å². The molecule has 3 rings (SSSR count). The molecule has 142 valence electrons. The number of nitrogens with zero attached hydrogens (tertiary/aromatic N) is 1. The summed E-state index contributed by atoms with van der Waals surface area (Å²) in [6, 6.07) is 9.81. The molecule has 0 unspecified atom stereocenters. The third kappa shape index (κ3) is 4.25. The second-order valence-electron chi connectivity index (χ2n) is 6.21. The van der Waals surface area contributed by atoms with Crippen LogP contribution in [0.25, 0.3) is 10.6 Å². The maximum absolute atomic E-state index is 12.7. The fourth-order valence-corrected chi connectivity index (χ4v) is 5.21. The van der Waals surface area contributed by atoms with Gasteiger partial charge in [-0.25, -0.2) is 13.4 Å². The van der Waals surface area contributed by atoms with Gasteiger partial charge < -0.3 is 10.6 Å². The molecule has 0 radical (unpaired) electrons. The van der Waals surface area contributed by atoms with Gasteiger partial charge in [-0.05, 0) is 25.9 Å². The van der Waals surface area contributed by atoms with Crippen LogP contribution in [-0.4, -0.2) is 43.4 Å². The van der Waals surface area contributed by atoms with Crippen molar-refractivity contribution in [2.75, 3.05) is 19.3 Å². The van der Waals surface area contributed by atoms with Gasteiger partial charge in [0.2, 0.25) is 5.91 Å². The first-order valence-electron chi connectivity index (χ1n) is 8.11. The van der Waals surface area contributed by atoms with Crippen LogP contribution in [0, 0.1) is 0 Å². The Morgan fingerprint density at radius 3 is 2.54 bits per heavy atom. The Morgan fingerprint density at radius 1 is 1.27 bits per heavy atom. The molecule has 26 heavy (non-hydrogen) atoms. The lowest BCUT2D eigenvalue weighted by Gasteiger charge is -2.34. The van der Waals surface area contributed by atoms with Gasteiger partial charge >= 0.3 is 0 Å². The molecule has 2 N–H and O–H groups in total. The first kappa shape index (κ1) is 20.8. The van der Waals surface area contributed by atoms with Crippen molar-refractivity contribution in [2.45, 2.75) is 24.1 Å². The van der Waals surface area contributed by atoms with Crippen molar-refractivity contribution in [2.24, 2.45) is 0 Å². The van der Waals surface area contributed by atoms with Crippen LogP contribution < -0.4 is 10.6 Å². The highest BCUT2D eigenvalue weighted by Crippen LogP contribution is 2.28. The normalized spacial score (nSPS) is 16.5. The number of hydrogen-bond donors (Lipinski definition) is 2. The molecule has 1 aromatic carbocycles. The first-order valence-corrected chi connectivity index (χ1v) is 10.9. The van der Waals surface area contributed by atoms with Crippen molar-refractivity contribution < 1.29 is 13.2 Å². The van der Waals surface area contributed by atoms with Crippen LogP contribution in [-0.2, 0) is 21.2 Å². The van der Waals surface area contributed by atoms with Gasteiger partial charge in [0, 0.05) is 17.2 Å². The number of hydrogen-bond acceptors (Lipinski definition) is 6. The topological polar surface area (TPSA) is 88.2 Å². The lowest BCUT2D eigenvalue weighted by Crippen LogP contribution is -2.57. The standard InChI is InChI=1S/C17H21N3O3S2.ClH/c1-25(22,23)17(7-9-18-10-8-17)16(21)19-11-14-12-24-15(20-14)13-5-3-2-4-6-13;/h2-6,12,18H,7-11H2,1H3,(H,19,21);1H. The van der Waals surface area contributed by atoms with Gasteiger partial charge in [-0.3, -0.25) is 4.79 Å². The molecule has 1 aliphatic rings. The van der Waals surface area contributed by atoms with Gasteiger partial charge in [0.25, 0.3) is 0 Å². The number of sulfone groups is 1. The number of nitrogens with one attached hydrogen (secondary N) is 2. The van der Waals surface area contributed by atoms with E-state index in [0.717, 1.165) is 22.5 Å². The predicted molar refractivity (Wildman–Crippen MR) is 106 cm³/mol. The average molecular weight is 416 g/mol.